The number of halogens is 1. The molecule has 5 heteroatoms. The Hall–Kier alpha value is -1.54. The molecule has 0 heterocycles. The number of hydrogen-bond acceptors (Lipinski definition) is 3. The van der Waals surface area contributed by atoms with Gasteiger partial charge in [0, 0.05) is 17.7 Å². The minimum Gasteiger partial charge on any atom is -0.384 e. The van der Waals surface area contributed by atoms with Gasteiger partial charge in [0.2, 0.25) is 5.91 Å². The lowest BCUT2D eigenvalue weighted by molar-refractivity contribution is -0.117. The highest BCUT2D eigenvalue weighted by molar-refractivity contribution is 6.31. The Morgan fingerprint density at radius 2 is 2.33 bits per heavy atom. The van der Waals surface area contributed by atoms with Crippen molar-refractivity contribution in [2.45, 2.75) is 6.42 Å². The van der Waals surface area contributed by atoms with Crippen LogP contribution >= 0.6 is 11.6 Å². The van der Waals surface area contributed by atoms with E-state index in [-0.39, 0.29) is 18.9 Å². The first-order valence-corrected chi connectivity index (χ1v) is 5.82. The molecule has 3 N–H and O–H groups in total. The first-order chi connectivity index (χ1) is 8.67. The fourth-order valence-electron chi connectivity index (χ4n) is 1.28. The molecule has 0 bridgehead atoms. The van der Waals surface area contributed by atoms with Crippen LogP contribution in [-0.4, -0.2) is 26.2 Å². The topological polar surface area (TPSA) is 64.3 Å². The number of amides is 1. The van der Waals surface area contributed by atoms with Crippen molar-refractivity contribution in [3.63, 3.8) is 0 Å². The molecule has 1 rings (SSSR count). The van der Waals surface area contributed by atoms with Crippen molar-refractivity contribution in [1.29, 1.82) is 0 Å². The summed E-state index contributed by atoms with van der Waals surface area (Å²) in [5.41, 5.74) is 6.60. The molecular formula is C13H15ClN2O2. The maximum Gasteiger partial charge on any atom is 0.226 e. The molecule has 0 unspecified atom stereocenters. The van der Waals surface area contributed by atoms with Gasteiger partial charge in [0.15, 0.2) is 0 Å². The van der Waals surface area contributed by atoms with Crippen molar-refractivity contribution in [1.82, 2.24) is 0 Å². The van der Waals surface area contributed by atoms with E-state index in [4.69, 9.17) is 22.1 Å². The second kappa shape index (κ2) is 7.72. The number of rotatable bonds is 4. The van der Waals surface area contributed by atoms with E-state index in [1.54, 1.807) is 25.3 Å². The van der Waals surface area contributed by atoms with Gasteiger partial charge in [-0.25, -0.2) is 0 Å². The number of carbonyl (C=O) groups excluding carboxylic acids is 1. The Morgan fingerprint density at radius 1 is 1.56 bits per heavy atom. The van der Waals surface area contributed by atoms with Crippen LogP contribution in [0.15, 0.2) is 18.2 Å². The third-order valence-electron chi connectivity index (χ3n) is 2.11. The summed E-state index contributed by atoms with van der Waals surface area (Å²) in [5.74, 6) is 5.48. The molecule has 0 spiro atoms. The number of carbonyl (C=O) groups is 1. The van der Waals surface area contributed by atoms with Gasteiger partial charge in [-0.1, -0.05) is 23.4 Å². The summed E-state index contributed by atoms with van der Waals surface area (Å²) in [6, 6.07) is 5.12. The van der Waals surface area contributed by atoms with Gasteiger partial charge >= 0.3 is 0 Å². The van der Waals surface area contributed by atoms with Gasteiger partial charge < -0.3 is 15.8 Å². The second-order valence-electron chi connectivity index (χ2n) is 3.49. The molecular weight excluding hydrogens is 252 g/mol. The van der Waals surface area contributed by atoms with Crippen LogP contribution in [0.5, 0.6) is 0 Å². The van der Waals surface area contributed by atoms with Gasteiger partial charge in [-0.2, -0.15) is 0 Å². The van der Waals surface area contributed by atoms with Gasteiger partial charge in [-0.3, -0.25) is 4.79 Å². The first-order valence-electron chi connectivity index (χ1n) is 5.44. The fraction of sp³-hybridized carbons (Fsp3) is 0.308. The molecule has 1 amide bonds. The van der Waals surface area contributed by atoms with Crippen molar-refractivity contribution in [2.75, 3.05) is 25.6 Å². The highest BCUT2D eigenvalue weighted by atomic mass is 35.5. The monoisotopic (exact) mass is 266 g/mol. The van der Waals surface area contributed by atoms with E-state index in [0.717, 1.165) is 0 Å². The van der Waals surface area contributed by atoms with E-state index in [0.29, 0.717) is 22.9 Å². The van der Waals surface area contributed by atoms with Gasteiger partial charge in [0.05, 0.1) is 25.3 Å². The predicted octanol–water partition coefficient (Wildman–Crippen LogP) is 1.63. The number of anilines is 1. The third-order valence-corrected chi connectivity index (χ3v) is 2.35. The Balaban J connectivity index is 2.85. The highest BCUT2D eigenvalue weighted by Gasteiger charge is 2.06. The number of nitrogens with two attached hydrogens (primary N) is 1. The van der Waals surface area contributed by atoms with Crippen LogP contribution in [0.25, 0.3) is 0 Å². The smallest absolute Gasteiger partial charge is 0.226 e. The molecule has 0 aliphatic heterocycles. The van der Waals surface area contributed by atoms with E-state index in [9.17, 15) is 4.79 Å². The molecule has 96 valence electrons. The normalized spacial score (nSPS) is 9.50. The average molecular weight is 267 g/mol. The van der Waals surface area contributed by atoms with Crippen molar-refractivity contribution < 1.29 is 9.53 Å². The zero-order valence-corrected chi connectivity index (χ0v) is 10.9. The summed E-state index contributed by atoms with van der Waals surface area (Å²) in [6.07, 6.45) is 0.284. The predicted molar refractivity (Wildman–Crippen MR) is 72.5 cm³/mol. The lowest BCUT2D eigenvalue weighted by Gasteiger charge is -2.07. The minimum atomic E-state index is -0.144. The maximum atomic E-state index is 11.6. The summed E-state index contributed by atoms with van der Waals surface area (Å²) in [4.78, 5) is 11.6. The number of ether oxygens (including phenoxy) is 1. The minimum absolute atomic E-state index is 0.144. The summed E-state index contributed by atoms with van der Waals surface area (Å²) in [6.45, 7) is 0.635. The quantitative estimate of drug-likeness (QED) is 0.814. The Labute approximate surface area is 111 Å². The fourth-order valence-corrected chi connectivity index (χ4v) is 1.45. The van der Waals surface area contributed by atoms with Gasteiger partial charge in [-0.05, 0) is 18.2 Å². The molecule has 0 atom stereocenters. The number of nitrogens with one attached hydrogen (secondary N) is 1. The lowest BCUT2D eigenvalue weighted by Crippen LogP contribution is -2.14. The molecule has 0 radical (unpaired) electrons. The molecule has 0 aliphatic carbocycles. The summed E-state index contributed by atoms with van der Waals surface area (Å²) < 4.78 is 4.84. The molecule has 0 saturated heterocycles. The zero-order chi connectivity index (χ0) is 13.4. The standard InChI is InChI=1S/C13H15ClN2O2/c1-18-8-6-13(17)16-12-9-11(14)5-4-10(12)3-2-7-15/h4-5,9H,6-8,15H2,1H3,(H,16,17). The third kappa shape index (κ3) is 4.76. The van der Waals surface area contributed by atoms with E-state index < -0.39 is 0 Å². The van der Waals surface area contributed by atoms with Crippen LogP contribution in [0.2, 0.25) is 5.02 Å². The zero-order valence-electron chi connectivity index (χ0n) is 10.1. The van der Waals surface area contributed by atoms with E-state index in [1.807, 2.05) is 0 Å². The molecule has 4 nitrogen and oxygen atoms in total. The van der Waals surface area contributed by atoms with Crippen molar-refractivity contribution in [2.24, 2.45) is 5.73 Å². The number of benzene rings is 1. The van der Waals surface area contributed by atoms with Crippen LogP contribution < -0.4 is 11.1 Å². The Morgan fingerprint density at radius 3 is 3.00 bits per heavy atom. The van der Waals surface area contributed by atoms with Crippen molar-refractivity contribution >= 4 is 23.2 Å². The van der Waals surface area contributed by atoms with Crippen LogP contribution in [0, 0.1) is 11.8 Å². The summed E-state index contributed by atoms with van der Waals surface area (Å²) in [7, 11) is 1.55. The Kier molecular flexibility index (Phi) is 6.23. The van der Waals surface area contributed by atoms with Crippen LogP contribution in [0.1, 0.15) is 12.0 Å². The molecule has 0 fully saturated rings. The highest BCUT2D eigenvalue weighted by Crippen LogP contribution is 2.20. The molecule has 0 aromatic heterocycles. The molecule has 0 saturated carbocycles. The molecule has 18 heavy (non-hydrogen) atoms. The van der Waals surface area contributed by atoms with Gasteiger partial charge in [0.25, 0.3) is 0 Å². The number of hydrogen-bond donors (Lipinski definition) is 2. The molecule has 1 aromatic rings. The van der Waals surface area contributed by atoms with Gasteiger partial charge in [0.1, 0.15) is 0 Å². The number of methoxy groups -OCH3 is 1. The van der Waals surface area contributed by atoms with Crippen molar-refractivity contribution in [3.05, 3.63) is 28.8 Å². The first kappa shape index (κ1) is 14.5. The van der Waals surface area contributed by atoms with Crippen LogP contribution in [-0.2, 0) is 9.53 Å². The molecule has 1 aromatic carbocycles. The van der Waals surface area contributed by atoms with E-state index in [1.165, 1.54) is 0 Å². The Bertz CT molecular complexity index is 478. The van der Waals surface area contributed by atoms with E-state index >= 15 is 0 Å². The maximum absolute atomic E-state index is 11.6. The second-order valence-corrected chi connectivity index (χ2v) is 3.92. The SMILES string of the molecule is COCCC(=O)Nc1cc(Cl)ccc1C#CCN. The largest absolute Gasteiger partial charge is 0.384 e. The molecule has 0 aliphatic rings. The summed E-state index contributed by atoms with van der Waals surface area (Å²) >= 11 is 5.89. The van der Waals surface area contributed by atoms with Gasteiger partial charge in [-0.15, -0.1) is 0 Å². The van der Waals surface area contributed by atoms with Crippen molar-refractivity contribution in [3.8, 4) is 11.8 Å². The van der Waals surface area contributed by atoms with Crippen LogP contribution in [0.3, 0.4) is 0 Å². The average Bonchev–Trinajstić information content (AvgIpc) is 2.35. The van der Waals surface area contributed by atoms with E-state index in [2.05, 4.69) is 17.2 Å². The van der Waals surface area contributed by atoms with Crippen LogP contribution in [0.4, 0.5) is 5.69 Å². The summed E-state index contributed by atoms with van der Waals surface area (Å²) in [5, 5.41) is 3.29. The lowest BCUT2D eigenvalue weighted by atomic mass is 10.1.